The standard InChI is InChI=1S/C22H26Cl3N3O4S/c1-15(22(30)26-2)27(14-16-6-8-17(23)9-7-16)21(29)5-4-12-28(33(3,31)32)20-13-18(24)10-11-19(20)25/h6-11,13,15H,4-5,12,14H2,1-3H3,(H,26,30)/t15-/m0/s1. The third-order valence-electron chi connectivity index (χ3n) is 5.01. The molecule has 0 aliphatic rings. The fourth-order valence-corrected chi connectivity index (χ4v) is 4.77. The Bertz CT molecular complexity index is 1090. The Kier molecular flexibility index (Phi) is 9.84. The smallest absolute Gasteiger partial charge is 0.242 e. The van der Waals surface area contributed by atoms with Crippen molar-refractivity contribution in [2.24, 2.45) is 0 Å². The van der Waals surface area contributed by atoms with Crippen molar-refractivity contribution < 1.29 is 18.0 Å². The van der Waals surface area contributed by atoms with Crippen LogP contribution in [-0.2, 0) is 26.2 Å². The average Bonchev–Trinajstić information content (AvgIpc) is 2.76. The third-order valence-corrected chi connectivity index (χ3v) is 7.00. The summed E-state index contributed by atoms with van der Waals surface area (Å²) < 4.78 is 25.9. The number of nitrogens with one attached hydrogen (secondary N) is 1. The second-order valence-corrected chi connectivity index (χ2v) is 10.7. The molecule has 1 N–H and O–H groups in total. The largest absolute Gasteiger partial charge is 0.357 e. The molecule has 0 aromatic heterocycles. The molecule has 11 heteroatoms. The van der Waals surface area contributed by atoms with Crippen LogP contribution in [0.2, 0.25) is 15.1 Å². The molecule has 2 aromatic rings. The molecule has 0 fully saturated rings. The highest BCUT2D eigenvalue weighted by atomic mass is 35.5. The van der Waals surface area contributed by atoms with Gasteiger partial charge in [0, 0.05) is 36.6 Å². The minimum Gasteiger partial charge on any atom is -0.357 e. The average molecular weight is 535 g/mol. The van der Waals surface area contributed by atoms with Crippen molar-refractivity contribution in [1.82, 2.24) is 10.2 Å². The maximum absolute atomic E-state index is 13.1. The molecule has 0 saturated heterocycles. The summed E-state index contributed by atoms with van der Waals surface area (Å²) in [6.45, 7) is 1.87. The van der Waals surface area contributed by atoms with Crippen LogP contribution in [0.3, 0.4) is 0 Å². The Morgan fingerprint density at radius 2 is 1.64 bits per heavy atom. The zero-order chi connectivity index (χ0) is 24.8. The fraction of sp³-hybridized carbons (Fsp3) is 0.364. The molecule has 180 valence electrons. The highest BCUT2D eigenvalue weighted by Crippen LogP contribution is 2.31. The molecule has 0 aliphatic heterocycles. The van der Waals surface area contributed by atoms with Gasteiger partial charge in [-0.2, -0.15) is 0 Å². The summed E-state index contributed by atoms with van der Waals surface area (Å²) in [7, 11) is -2.17. The van der Waals surface area contributed by atoms with Crippen LogP contribution in [0.15, 0.2) is 42.5 Å². The van der Waals surface area contributed by atoms with Gasteiger partial charge in [-0.15, -0.1) is 0 Å². The second-order valence-electron chi connectivity index (χ2n) is 7.47. The van der Waals surface area contributed by atoms with E-state index in [1.807, 2.05) is 0 Å². The molecule has 2 rings (SSSR count). The predicted octanol–water partition coefficient (Wildman–Crippen LogP) is 4.36. The van der Waals surface area contributed by atoms with Crippen LogP contribution in [0.5, 0.6) is 0 Å². The Labute approximate surface area is 209 Å². The van der Waals surface area contributed by atoms with Crippen LogP contribution in [0, 0.1) is 0 Å². The summed E-state index contributed by atoms with van der Waals surface area (Å²) in [6.07, 6.45) is 1.30. The van der Waals surface area contributed by atoms with E-state index in [0.717, 1.165) is 16.1 Å². The van der Waals surface area contributed by atoms with Gasteiger partial charge in [-0.25, -0.2) is 8.42 Å². The van der Waals surface area contributed by atoms with Crippen LogP contribution >= 0.6 is 34.8 Å². The van der Waals surface area contributed by atoms with Crippen LogP contribution in [0.1, 0.15) is 25.3 Å². The van der Waals surface area contributed by atoms with Crippen LogP contribution in [-0.4, -0.2) is 51.0 Å². The number of nitrogens with zero attached hydrogens (tertiary/aromatic N) is 2. The lowest BCUT2D eigenvalue weighted by Gasteiger charge is -2.29. The molecule has 0 unspecified atom stereocenters. The molecule has 2 aromatic carbocycles. The molecule has 7 nitrogen and oxygen atoms in total. The van der Waals surface area contributed by atoms with Crippen molar-refractivity contribution in [2.75, 3.05) is 24.2 Å². The number of sulfonamides is 1. The van der Waals surface area contributed by atoms with Crippen molar-refractivity contribution in [3.05, 3.63) is 63.1 Å². The van der Waals surface area contributed by atoms with E-state index in [1.54, 1.807) is 37.3 Å². The Morgan fingerprint density at radius 1 is 1.03 bits per heavy atom. The molecule has 1 atom stereocenters. The maximum Gasteiger partial charge on any atom is 0.242 e. The van der Waals surface area contributed by atoms with Gasteiger partial charge in [0.25, 0.3) is 0 Å². The summed E-state index contributed by atoms with van der Waals surface area (Å²) in [5, 5.41) is 3.69. The first-order chi connectivity index (χ1) is 15.4. The summed E-state index contributed by atoms with van der Waals surface area (Å²) in [5.74, 6) is -0.590. The number of amides is 2. The molecule has 0 heterocycles. The highest BCUT2D eigenvalue weighted by Gasteiger charge is 2.26. The normalized spacial score (nSPS) is 12.2. The van der Waals surface area contributed by atoms with Gasteiger partial charge in [0.05, 0.1) is 17.0 Å². The van der Waals surface area contributed by atoms with E-state index in [0.29, 0.717) is 10.0 Å². The highest BCUT2D eigenvalue weighted by molar-refractivity contribution is 7.92. The minimum absolute atomic E-state index is 0.0216. The number of hydrogen-bond acceptors (Lipinski definition) is 4. The van der Waals surface area contributed by atoms with Gasteiger partial charge in [-0.3, -0.25) is 13.9 Å². The summed E-state index contributed by atoms with van der Waals surface area (Å²) in [4.78, 5) is 26.8. The predicted molar refractivity (Wildman–Crippen MR) is 133 cm³/mol. The van der Waals surface area contributed by atoms with Crippen molar-refractivity contribution in [3.8, 4) is 0 Å². The first-order valence-corrected chi connectivity index (χ1v) is 13.1. The van der Waals surface area contributed by atoms with E-state index in [4.69, 9.17) is 34.8 Å². The quantitative estimate of drug-likeness (QED) is 0.491. The van der Waals surface area contributed by atoms with Gasteiger partial charge in [0.2, 0.25) is 21.8 Å². The molecule has 2 amide bonds. The Hall–Kier alpha value is -2.00. The Morgan fingerprint density at radius 3 is 2.21 bits per heavy atom. The molecule has 0 radical (unpaired) electrons. The molecule has 0 bridgehead atoms. The lowest BCUT2D eigenvalue weighted by atomic mass is 10.1. The minimum atomic E-state index is -3.67. The third kappa shape index (κ3) is 7.78. The van der Waals surface area contributed by atoms with Crippen LogP contribution in [0.25, 0.3) is 0 Å². The van der Waals surface area contributed by atoms with E-state index in [9.17, 15) is 18.0 Å². The van der Waals surface area contributed by atoms with E-state index in [1.165, 1.54) is 24.1 Å². The number of carbonyl (C=O) groups is 2. The van der Waals surface area contributed by atoms with Gasteiger partial charge in [-0.1, -0.05) is 46.9 Å². The molecule has 33 heavy (non-hydrogen) atoms. The number of halogens is 3. The number of likely N-dealkylation sites (N-methyl/N-ethyl adjacent to an activating group) is 1. The van der Waals surface area contributed by atoms with Crippen molar-refractivity contribution in [1.29, 1.82) is 0 Å². The van der Waals surface area contributed by atoms with Crippen molar-refractivity contribution in [3.63, 3.8) is 0 Å². The first kappa shape index (κ1) is 27.2. The SMILES string of the molecule is CNC(=O)[C@H](C)N(Cc1ccc(Cl)cc1)C(=O)CCCN(c1cc(Cl)ccc1Cl)S(C)(=O)=O. The van der Waals surface area contributed by atoms with Gasteiger partial charge in [-0.05, 0) is 49.2 Å². The van der Waals surface area contributed by atoms with Gasteiger partial charge in [0.1, 0.15) is 6.04 Å². The Balaban J connectivity index is 2.17. The molecule has 0 spiro atoms. The maximum atomic E-state index is 13.1. The number of rotatable bonds is 10. The topological polar surface area (TPSA) is 86.8 Å². The van der Waals surface area contributed by atoms with E-state index in [2.05, 4.69) is 5.32 Å². The van der Waals surface area contributed by atoms with E-state index >= 15 is 0 Å². The number of benzene rings is 2. The number of anilines is 1. The second kappa shape index (κ2) is 11.9. The summed E-state index contributed by atoms with van der Waals surface area (Å²) in [5.41, 5.74) is 1.06. The fourth-order valence-electron chi connectivity index (χ4n) is 3.24. The van der Waals surface area contributed by atoms with Crippen LogP contribution in [0.4, 0.5) is 5.69 Å². The first-order valence-electron chi connectivity index (χ1n) is 10.1. The van der Waals surface area contributed by atoms with Gasteiger partial charge >= 0.3 is 0 Å². The van der Waals surface area contributed by atoms with Gasteiger partial charge in [0.15, 0.2) is 0 Å². The van der Waals surface area contributed by atoms with Gasteiger partial charge < -0.3 is 10.2 Å². The van der Waals surface area contributed by atoms with Crippen LogP contribution < -0.4 is 9.62 Å². The lowest BCUT2D eigenvalue weighted by molar-refractivity contribution is -0.140. The summed E-state index contributed by atoms with van der Waals surface area (Å²) >= 11 is 18.1. The molecular formula is C22H26Cl3N3O4S. The summed E-state index contributed by atoms with van der Waals surface area (Å²) in [6, 6.07) is 10.8. The lowest BCUT2D eigenvalue weighted by Crippen LogP contribution is -2.46. The van der Waals surface area contributed by atoms with Crippen molar-refractivity contribution >= 4 is 62.3 Å². The molecule has 0 saturated carbocycles. The number of hydrogen-bond donors (Lipinski definition) is 1. The molecule has 0 aliphatic carbocycles. The zero-order valence-corrected chi connectivity index (χ0v) is 21.6. The molecular weight excluding hydrogens is 509 g/mol. The van der Waals surface area contributed by atoms with E-state index in [-0.39, 0.29) is 48.5 Å². The number of carbonyl (C=O) groups excluding carboxylic acids is 2. The van der Waals surface area contributed by atoms with E-state index < -0.39 is 16.1 Å². The van der Waals surface area contributed by atoms with Crippen molar-refractivity contribution in [2.45, 2.75) is 32.4 Å². The monoisotopic (exact) mass is 533 g/mol. The zero-order valence-electron chi connectivity index (χ0n) is 18.5.